The van der Waals surface area contributed by atoms with Crippen molar-refractivity contribution in [3.8, 4) is 0 Å². The number of aromatic carboxylic acids is 1. The van der Waals surface area contributed by atoms with Crippen molar-refractivity contribution in [1.82, 2.24) is 9.78 Å². The summed E-state index contributed by atoms with van der Waals surface area (Å²) in [6.45, 7) is 0.873. The summed E-state index contributed by atoms with van der Waals surface area (Å²) < 4.78 is 1.40. The van der Waals surface area contributed by atoms with Gasteiger partial charge in [0.1, 0.15) is 11.4 Å². The molecule has 1 amide bonds. The Morgan fingerprint density at radius 1 is 1.71 bits per heavy atom. The van der Waals surface area contributed by atoms with E-state index in [1.165, 1.54) is 15.8 Å². The number of carboxylic acids is 1. The minimum atomic E-state index is -1.09. The summed E-state index contributed by atoms with van der Waals surface area (Å²) in [5.74, 6) is -0.777. The zero-order valence-corrected chi connectivity index (χ0v) is 9.46. The van der Waals surface area contributed by atoms with Crippen LogP contribution in [-0.4, -0.2) is 39.9 Å². The fraction of sp³-hybridized carbons (Fsp3) is 0.500. The van der Waals surface area contributed by atoms with Crippen LogP contribution in [0.1, 0.15) is 16.8 Å². The van der Waals surface area contributed by atoms with Gasteiger partial charge in [0, 0.05) is 20.0 Å². The monoisotopic (exact) mass is 238 g/mol. The van der Waals surface area contributed by atoms with Gasteiger partial charge in [0.05, 0.1) is 6.20 Å². The van der Waals surface area contributed by atoms with Gasteiger partial charge in [-0.05, 0) is 12.5 Å². The molecule has 1 unspecified atom stereocenters. The summed E-state index contributed by atoms with van der Waals surface area (Å²) in [5.41, 5.74) is 5.57. The van der Waals surface area contributed by atoms with E-state index in [1.54, 1.807) is 7.05 Å². The number of carbonyl (C=O) groups is 2. The lowest BCUT2D eigenvalue weighted by Gasteiger charge is -2.17. The number of rotatable bonds is 3. The van der Waals surface area contributed by atoms with Gasteiger partial charge in [-0.2, -0.15) is 5.10 Å². The second-order valence-electron chi connectivity index (χ2n) is 4.12. The Labute approximate surface area is 97.8 Å². The fourth-order valence-corrected chi connectivity index (χ4v) is 2.05. The number of amides is 1. The summed E-state index contributed by atoms with van der Waals surface area (Å²) in [5, 5.41) is 12.9. The average Bonchev–Trinajstić information content (AvgIpc) is 2.81. The van der Waals surface area contributed by atoms with Crippen LogP contribution in [0.4, 0.5) is 5.82 Å². The van der Waals surface area contributed by atoms with E-state index in [2.05, 4.69) is 5.10 Å². The van der Waals surface area contributed by atoms with Crippen LogP contribution in [0.5, 0.6) is 0 Å². The van der Waals surface area contributed by atoms with Crippen molar-refractivity contribution in [2.24, 2.45) is 18.7 Å². The molecule has 92 valence electrons. The molecule has 1 aliphatic rings. The lowest BCUT2D eigenvalue weighted by molar-refractivity contribution is -0.117. The second kappa shape index (κ2) is 4.17. The molecule has 3 N–H and O–H groups in total. The summed E-state index contributed by atoms with van der Waals surface area (Å²) in [4.78, 5) is 24.3. The number of hydrogen-bond acceptors (Lipinski definition) is 4. The van der Waals surface area contributed by atoms with Crippen LogP contribution in [0, 0.1) is 5.92 Å². The molecule has 7 heteroatoms. The predicted molar refractivity (Wildman–Crippen MR) is 59.7 cm³/mol. The van der Waals surface area contributed by atoms with Crippen LogP contribution >= 0.6 is 0 Å². The average molecular weight is 238 g/mol. The van der Waals surface area contributed by atoms with Crippen LogP contribution in [0.25, 0.3) is 0 Å². The van der Waals surface area contributed by atoms with E-state index < -0.39 is 5.97 Å². The molecular formula is C10H14N4O3. The quantitative estimate of drug-likeness (QED) is 0.734. The molecule has 1 atom stereocenters. The SMILES string of the molecule is Cn1ncc(C(=O)O)c1N1CC(CN)CC1=O. The Balaban J connectivity index is 2.37. The summed E-state index contributed by atoms with van der Waals surface area (Å²) in [6.07, 6.45) is 1.61. The predicted octanol–water partition coefficient (Wildman–Crippen LogP) is -0.570. The van der Waals surface area contributed by atoms with E-state index >= 15 is 0 Å². The van der Waals surface area contributed by atoms with Crippen molar-refractivity contribution >= 4 is 17.7 Å². The van der Waals surface area contributed by atoms with Crippen molar-refractivity contribution in [2.75, 3.05) is 18.0 Å². The van der Waals surface area contributed by atoms with Gasteiger partial charge in [0.15, 0.2) is 0 Å². The molecular weight excluding hydrogens is 224 g/mol. The number of carboxylic acid groups (broad SMARTS) is 1. The standard InChI is InChI=1S/C10H14N4O3/c1-13-9(7(4-12-13)10(16)17)14-5-6(3-11)2-8(14)15/h4,6H,2-3,5,11H2,1H3,(H,16,17). The summed E-state index contributed by atoms with van der Waals surface area (Å²) in [7, 11) is 1.62. The maximum atomic E-state index is 11.8. The molecule has 0 spiro atoms. The molecule has 0 aliphatic carbocycles. The third-order valence-corrected chi connectivity index (χ3v) is 2.93. The van der Waals surface area contributed by atoms with Gasteiger partial charge in [-0.25, -0.2) is 4.79 Å². The van der Waals surface area contributed by atoms with Gasteiger partial charge in [-0.15, -0.1) is 0 Å². The first kappa shape index (κ1) is 11.6. The Kier molecular flexibility index (Phi) is 2.84. The highest BCUT2D eigenvalue weighted by Crippen LogP contribution is 2.27. The highest BCUT2D eigenvalue weighted by atomic mass is 16.4. The van der Waals surface area contributed by atoms with Crippen molar-refractivity contribution in [3.63, 3.8) is 0 Å². The van der Waals surface area contributed by atoms with Gasteiger partial charge in [-0.1, -0.05) is 0 Å². The zero-order valence-electron chi connectivity index (χ0n) is 9.46. The van der Waals surface area contributed by atoms with Gasteiger partial charge in [0.2, 0.25) is 5.91 Å². The largest absolute Gasteiger partial charge is 0.477 e. The van der Waals surface area contributed by atoms with Gasteiger partial charge in [-0.3, -0.25) is 14.4 Å². The first-order valence-corrected chi connectivity index (χ1v) is 5.30. The van der Waals surface area contributed by atoms with E-state index in [0.717, 1.165) is 0 Å². The molecule has 1 aliphatic heterocycles. The minimum absolute atomic E-state index is 0.0403. The van der Waals surface area contributed by atoms with Crippen LogP contribution in [0.3, 0.4) is 0 Å². The Morgan fingerprint density at radius 2 is 2.41 bits per heavy atom. The lowest BCUT2D eigenvalue weighted by atomic mass is 10.1. The molecule has 0 aromatic carbocycles. The number of aromatic nitrogens is 2. The lowest BCUT2D eigenvalue weighted by Crippen LogP contribution is -2.29. The number of anilines is 1. The number of nitrogens with zero attached hydrogens (tertiary/aromatic N) is 3. The molecule has 1 fully saturated rings. The van der Waals surface area contributed by atoms with Gasteiger partial charge in [0.25, 0.3) is 0 Å². The number of nitrogens with two attached hydrogens (primary N) is 1. The maximum absolute atomic E-state index is 11.8. The van der Waals surface area contributed by atoms with Gasteiger partial charge < -0.3 is 10.8 Å². The first-order chi connectivity index (χ1) is 8.04. The van der Waals surface area contributed by atoms with Crippen molar-refractivity contribution in [2.45, 2.75) is 6.42 Å². The van der Waals surface area contributed by atoms with E-state index in [1.807, 2.05) is 0 Å². The Morgan fingerprint density at radius 3 is 2.94 bits per heavy atom. The maximum Gasteiger partial charge on any atom is 0.341 e. The van der Waals surface area contributed by atoms with Gasteiger partial charge >= 0.3 is 5.97 Å². The molecule has 0 saturated carbocycles. The summed E-state index contributed by atoms with van der Waals surface area (Å²) in [6, 6.07) is 0. The van der Waals surface area contributed by atoms with E-state index in [0.29, 0.717) is 25.3 Å². The zero-order chi connectivity index (χ0) is 12.6. The van der Waals surface area contributed by atoms with Crippen molar-refractivity contribution < 1.29 is 14.7 Å². The highest BCUT2D eigenvalue weighted by Gasteiger charge is 2.34. The molecule has 1 aromatic rings. The Bertz CT molecular complexity index is 468. The molecule has 0 radical (unpaired) electrons. The van der Waals surface area contributed by atoms with E-state index in [9.17, 15) is 9.59 Å². The van der Waals surface area contributed by atoms with Crippen LogP contribution in [0.2, 0.25) is 0 Å². The smallest absolute Gasteiger partial charge is 0.341 e. The molecule has 0 bridgehead atoms. The first-order valence-electron chi connectivity index (χ1n) is 5.30. The highest BCUT2D eigenvalue weighted by molar-refractivity contribution is 6.02. The molecule has 2 heterocycles. The van der Waals surface area contributed by atoms with Crippen molar-refractivity contribution in [1.29, 1.82) is 0 Å². The van der Waals surface area contributed by atoms with E-state index in [-0.39, 0.29) is 17.4 Å². The summed E-state index contributed by atoms with van der Waals surface area (Å²) >= 11 is 0. The Hall–Kier alpha value is -1.89. The third kappa shape index (κ3) is 1.89. The topological polar surface area (TPSA) is 101 Å². The van der Waals surface area contributed by atoms with E-state index in [4.69, 9.17) is 10.8 Å². The van der Waals surface area contributed by atoms with Crippen LogP contribution in [0.15, 0.2) is 6.20 Å². The number of carbonyl (C=O) groups excluding carboxylic acids is 1. The third-order valence-electron chi connectivity index (χ3n) is 2.93. The van der Waals surface area contributed by atoms with Crippen LogP contribution in [-0.2, 0) is 11.8 Å². The molecule has 7 nitrogen and oxygen atoms in total. The number of hydrogen-bond donors (Lipinski definition) is 2. The van der Waals surface area contributed by atoms with Crippen LogP contribution < -0.4 is 10.6 Å². The number of aryl methyl sites for hydroxylation is 1. The molecule has 1 saturated heterocycles. The van der Waals surface area contributed by atoms with Crippen molar-refractivity contribution in [3.05, 3.63) is 11.8 Å². The normalized spacial score (nSPS) is 20.0. The molecule has 1 aromatic heterocycles. The second-order valence-corrected chi connectivity index (χ2v) is 4.12. The fourth-order valence-electron chi connectivity index (χ4n) is 2.05. The minimum Gasteiger partial charge on any atom is -0.477 e. The molecule has 2 rings (SSSR count). The molecule has 17 heavy (non-hydrogen) atoms.